The molecule has 0 aliphatic rings. The largest absolute Gasteiger partial charge is 0.393 e. The standard InChI is InChI=1S/C13H17N3O/c1-3-4-11-12(14)13(17)16(15-11)10-7-5-9(2)6-8-10/h5-8,15H,3-4,14H2,1-2H3. The SMILES string of the molecule is CCCc1[nH]n(-c2ccc(C)cc2)c(=O)c1N. The third-order valence-electron chi connectivity index (χ3n) is 2.80. The molecular weight excluding hydrogens is 214 g/mol. The number of aryl methyl sites for hydroxylation is 2. The lowest BCUT2D eigenvalue weighted by Gasteiger charge is -2.01. The maximum Gasteiger partial charge on any atom is 0.294 e. The van der Waals surface area contributed by atoms with Gasteiger partial charge in [-0.2, -0.15) is 0 Å². The molecule has 3 N–H and O–H groups in total. The normalized spacial score (nSPS) is 10.7. The van der Waals surface area contributed by atoms with E-state index < -0.39 is 0 Å². The van der Waals surface area contributed by atoms with E-state index in [9.17, 15) is 4.79 Å². The quantitative estimate of drug-likeness (QED) is 0.848. The zero-order chi connectivity index (χ0) is 12.4. The highest BCUT2D eigenvalue weighted by atomic mass is 16.1. The van der Waals surface area contributed by atoms with Crippen LogP contribution in [0.5, 0.6) is 0 Å². The second-order valence-corrected chi connectivity index (χ2v) is 4.23. The summed E-state index contributed by atoms with van der Waals surface area (Å²) in [5, 5.41) is 3.07. The van der Waals surface area contributed by atoms with Crippen LogP contribution in [0.4, 0.5) is 5.69 Å². The Morgan fingerprint density at radius 3 is 2.53 bits per heavy atom. The first kappa shape index (κ1) is 11.5. The summed E-state index contributed by atoms with van der Waals surface area (Å²) >= 11 is 0. The molecular formula is C13H17N3O. The Morgan fingerprint density at radius 1 is 1.29 bits per heavy atom. The molecule has 2 aromatic rings. The first-order valence-electron chi connectivity index (χ1n) is 5.80. The van der Waals surface area contributed by atoms with Gasteiger partial charge in [-0.05, 0) is 25.5 Å². The molecule has 0 fully saturated rings. The number of aromatic amines is 1. The van der Waals surface area contributed by atoms with Gasteiger partial charge in [0, 0.05) is 0 Å². The van der Waals surface area contributed by atoms with E-state index in [2.05, 4.69) is 12.0 Å². The molecule has 1 aromatic heterocycles. The van der Waals surface area contributed by atoms with Crippen molar-refractivity contribution in [2.24, 2.45) is 0 Å². The molecule has 2 rings (SSSR count). The fourth-order valence-corrected chi connectivity index (χ4v) is 1.81. The van der Waals surface area contributed by atoms with Crippen molar-refractivity contribution in [3.63, 3.8) is 0 Å². The summed E-state index contributed by atoms with van der Waals surface area (Å²) in [6.07, 6.45) is 1.75. The predicted octanol–water partition coefficient (Wildman–Crippen LogP) is 2.01. The van der Waals surface area contributed by atoms with Gasteiger partial charge >= 0.3 is 0 Å². The molecule has 0 unspecified atom stereocenters. The number of hydrogen-bond acceptors (Lipinski definition) is 2. The molecule has 0 atom stereocenters. The number of nitrogen functional groups attached to an aromatic ring is 1. The van der Waals surface area contributed by atoms with E-state index >= 15 is 0 Å². The molecule has 1 aromatic carbocycles. The van der Waals surface area contributed by atoms with Crippen LogP contribution in [0.15, 0.2) is 29.1 Å². The number of rotatable bonds is 3. The van der Waals surface area contributed by atoms with Crippen LogP contribution >= 0.6 is 0 Å². The van der Waals surface area contributed by atoms with Gasteiger partial charge in [0.05, 0.1) is 11.4 Å². The monoisotopic (exact) mass is 231 g/mol. The van der Waals surface area contributed by atoms with Gasteiger partial charge in [0.15, 0.2) is 0 Å². The molecule has 0 saturated heterocycles. The van der Waals surface area contributed by atoms with Gasteiger partial charge in [0.1, 0.15) is 5.69 Å². The number of nitrogens with zero attached hydrogens (tertiary/aromatic N) is 1. The topological polar surface area (TPSA) is 63.8 Å². The first-order chi connectivity index (χ1) is 8.13. The van der Waals surface area contributed by atoms with Crippen LogP contribution in [0.3, 0.4) is 0 Å². The minimum absolute atomic E-state index is 0.169. The number of anilines is 1. The molecule has 0 amide bonds. The van der Waals surface area contributed by atoms with Crippen molar-refractivity contribution in [3.05, 3.63) is 45.9 Å². The molecule has 1 heterocycles. The smallest absolute Gasteiger partial charge is 0.294 e. The highest BCUT2D eigenvalue weighted by Gasteiger charge is 2.11. The number of nitrogens with one attached hydrogen (secondary N) is 1. The van der Waals surface area contributed by atoms with Crippen LogP contribution in [0.25, 0.3) is 5.69 Å². The summed E-state index contributed by atoms with van der Waals surface area (Å²) in [6.45, 7) is 4.07. The lowest BCUT2D eigenvalue weighted by Crippen LogP contribution is -2.16. The fraction of sp³-hybridized carbons (Fsp3) is 0.308. The van der Waals surface area contributed by atoms with Gasteiger partial charge in [-0.1, -0.05) is 31.0 Å². The number of aromatic nitrogens is 2. The van der Waals surface area contributed by atoms with Gasteiger partial charge in [0.25, 0.3) is 5.56 Å². The average Bonchev–Trinajstić information content (AvgIpc) is 2.59. The van der Waals surface area contributed by atoms with E-state index in [1.54, 1.807) is 0 Å². The van der Waals surface area contributed by atoms with E-state index in [0.717, 1.165) is 29.8 Å². The van der Waals surface area contributed by atoms with E-state index in [-0.39, 0.29) is 5.56 Å². The van der Waals surface area contributed by atoms with Crippen LogP contribution in [0.1, 0.15) is 24.6 Å². The van der Waals surface area contributed by atoms with Crippen LogP contribution in [0.2, 0.25) is 0 Å². The minimum atomic E-state index is -0.169. The third kappa shape index (κ3) is 2.11. The van der Waals surface area contributed by atoms with Crippen molar-refractivity contribution in [3.8, 4) is 5.69 Å². The van der Waals surface area contributed by atoms with E-state index in [4.69, 9.17) is 5.73 Å². The molecule has 4 heteroatoms. The lowest BCUT2D eigenvalue weighted by molar-refractivity contribution is 0.793. The molecule has 0 radical (unpaired) electrons. The first-order valence-corrected chi connectivity index (χ1v) is 5.80. The highest BCUT2D eigenvalue weighted by Crippen LogP contribution is 2.11. The Balaban J connectivity index is 2.49. The molecule has 0 bridgehead atoms. The second kappa shape index (κ2) is 4.49. The van der Waals surface area contributed by atoms with Crippen LogP contribution in [-0.2, 0) is 6.42 Å². The number of hydrogen-bond donors (Lipinski definition) is 2. The Labute approximate surface area is 100 Å². The molecule has 4 nitrogen and oxygen atoms in total. The van der Waals surface area contributed by atoms with Gasteiger partial charge in [-0.25, -0.2) is 4.68 Å². The van der Waals surface area contributed by atoms with E-state index in [0.29, 0.717) is 5.69 Å². The number of benzene rings is 1. The Bertz CT molecular complexity index is 563. The number of H-pyrrole nitrogens is 1. The molecule has 17 heavy (non-hydrogen) atoms. The van der Waals surface area contributed by atoms with Crippen LogP contribution < -0.4 is 11.3 Å². The molecule has 0 saturated carbocycles. The summed E-state index contributed by atoms with van der Waals surface area (Å²) in [6, 6.07) is 7.75. The summed E-state index contributed by atoms with van der Waals surface area (Å²) in [4.78, 5) is 12.0. The highest BCUT2D eigenvalue weighted by molar-refractivity contribution is 5.45. The zero-order valence-electron chi connectivity index (χ0n) is 10.2. The molecule has 0 spiro atoms. The zero-order valence-corrected chi connectivity index (χ0v) is 10.2. The minimum Gasteiger partial charge on any atom is -0.393 e. The molecule has 0 aliphatic heterocycles. The van der Waals surface area contributed by atoms with Gasteiger partial charge in [0.2, 0.25) is 0 Å². The van der Waals surface area contributed by atoms with Crippen molar-refractivity contribution in [2.75, 3.05) is 5.73 Å². The summed E-state index contributed by atoms with van der Waals surface area (Å²) in [7, 11) is 0. The van der Waals surface area contributed by atoms with E-state index in [1.807, 2.05) is 31.2 Å². The second-order valence-electron chi connectivity index (χ2n) is 4.23. The van der Waals surface area contributed by atoms with Gasteiger partial charge in [-0.3, -0.25) is 9.89 Å². The Hall–Kier alpha value is -1.97. The summed E-state index contributed by atoms with van der Waals surface area (Å²) < 4.78 is 1.50. The average molecular weight is 231 g/mol. The van der Waals surface area contributed by atoms with Gasteiger partial charge in [-0.15, -0.1) is 0 Å². The number of nitrogens with two attached hydrogens (primary N) is 1. The maximum absolute atomic E-state index is 12.0. The fourth-order valence-electron chi connectivity index (χ4n) is 1.81. The van der Waals surface area contributed by atoms with E-state index in [1.165, 1.54) is 4.68 Å². The van der Waals surface area contributed by atoms with Gasteiger partial charge < -0.3 is 5.73 Å². The van der Waals surface area contributed by atoms with Crippen molar-refractivity contribution in [1.82, 2.24) is 9.78 Å². The van der Waals surface area contributed by atoms with Crippen LogP contribution in [-0.4, -0.2) is 9.78 Å². The Kier molecular flexibility index (Phi) is 3.04. The maximum atomic E-state index is 12.0. The third-order valence-corrected chi connectivity index (χ3v) is 2.80. The summed E-state index contributed by atoms with van der Waals surface area (Å²) in [5.41, 5.74) is 8.74. The van der Waals surface area contributed by atoms with Crippen molar-refractivity contribution in [1.29, 1.82) is 0 Å². The van der Waals surface area contributed by atoms with Crippen molar-refractivity contribution < 1.29 is 0 Å². The lowest BCUT2D eigenvalue weighted by atomic mass is 10.2. The molecule has 0 aliphatic carbocycles. The predicted molar refractivity (Wildman–Crippen MR) is 69.5 cm³/mol. The van der Waals surface area contributed by atoms with Crippen molar-refractivity contribution in [2.45, 2.75) is 26.7 Å². The Morgan fingerprint density at radius 2 is 1.94 bits per heavy atom. The van der Waals surface area contributed by atoms with Crippen LogP contribution in [0, 0.1) is 6.92 Å². The summed E-state index contributed by atoms with van der Waals surface area (Å²) in [5.74, 6) is 0. The molecule has 90 valence electrons. The van der Waals surface area contributed by atoms with Crippen molar-refractivity contribution >= 4 is 5.69 Å².